The zero-order chi connectivity index (χ0) is 14.7. The zero-order valence-corrected chi connectivity index (χ0v) is 12.9. The van der Waals surface area contributed by atoms with E-state index in [1.165, 1.54) is 8.87 Å². The van der Waals surface area contributed by atoms with Gasteiger partial charge in [-0.15, -0.1) is 0 Å². The van der Waals surface area contributed by atoms with Crippen LogP contribution in [0.15, 0.2) is 48.8 Å². The molecule has 0 fully saturated rings. The van der Waals surface area contributed by atoms with Gasteiger partial charge in [0.1, 0.15) is 0 Å². The van der Waals surface area contributed by atoms with E-state index in [4.69, 9.17) is 0 Å². The topological polar surface area (TPSA) is 66.2 Å². The molecule has 0 aliphatic heterocycles. The van der Waals surface area contributed by atoms with Gasteiger partial charge in [-0.05, 0) is 0 Å². The first kappa shape index (κ1) is 13.9. The van der Waals surface area contributed by atoms with Crippen molar-refractivity contribution in [2.24, 2.45) is 0 Å². The monoisotopic (exact) mass is 346 g/mol. The molecule has 5 heteroatoms. The van der Waals surface area contributed by atoms with Crippen molar-refractivity contribution in [2.45, 2.75) is 12.8 Å². The molecule has 0 amide bonds. The molecule has 0 saturated carbocycles. The predicted octanol–water partition coefficient (Wildman–Crippen LogP) is 2.13. The van der Waals surface area contributed by atoms with Crippen LogP contribution < -0.4 is 0 Å². The van der Waals surface area contributed by atoms with Gasteiger partial charge < -0.3 is 0 Å². The average Bonchev–Trinajstić information content (AvgIpc) is 2.91. The summed E-state index contributed by atoms with van der Waals surface area (Å²) >= 11 is 0.216. The number of aromatic hydroxyl groups is 2. The van der Waals surface area contributed by atoms with Gasteiger partial charge in [-0.2, -0.15) is 0 Å². The third-order valence-electron chi connectivity index (χ3n) is 3.13. The van der Waals surface area contributed by atoms with E-state index in [0.29, 0.717) is 24.2 Å². The number of aromatic nitrogens is 2. The molecule has 3 aromatic rings. The van der Waals surface area contributed by atoms with Gasteiger partial charge in [0.15, 0.2) is 0 Å². The Bertz CT molecular complexity index is 693. The van der Waals surface area contributed by atoms with E-state index >= 15 is 0 Å². The first-order chi connectivity index (χ1) is 10.2. The van der Waals surface area contributed by atoms with Crippen molar-refractivity contribution < 1.29 is 10.2 Å². The molecule has 0 aliphatic carbocycles. The van der Waals surface area contributed by atoms with Crippen LogP contribution in [-0.4, -0.2) is 34.7 Å². The van der Waals surface area contributed by atoms with E-state index < -0.39 is 0 Å². The third kappa shape index (κ3) is 3.32. The van der Waals surface area contributed by atoms with Crippen LogP contribution in [0.1, 0.15) is 20.3 Å². The van der Waals surface area contributed by atoms with E-state index in [-0.39, 0.29) is 26.0 Å². The van der Waals surface area contributed by atoms with Gasteiger partial charge in [0, 0.05) is 0 Å². The van der Waals surface area contributed by atoms with Gasteiger partial charge >= 0.3 is 128 Å². The molecule has 0 aliphatic rings. The summed E-state index contributed by atoms with van der Waals surface area (Å²) in [5, 5.41) is 19.5. The Kier molecular flexibility index (Phi) is 4.04. The van der Waals surface area contributed by atoms with Crippen molar-refractivity contribution in [3.05, 3.63) is 69.1 Å². The van der Waals surface area contributed by atoms with Crippen LogP contribution in [-0.2, 0) is 12.8 Å². The third-order valence-corrected chi connectivity index (χ3v) is 5.41. The summed E-state index contributed by atoms with van der Waals surface area (Å²) in [6.45, 7) is 0. The molecular formula is C16H14N2O2Se. The van der Waals surface area contributed by atoms with Crippen molar-refractivity contribution in [3.63, 3.8) is 0 Å². The SMILES string of the molecule is Oc1cccnc1Cc1ccc(Cc2ncccc2O)[se]1. The van der Waals surface area contributed by atoms with Gasteiger partial charge in [-0.3, -0.25) is 0 Å². The fraction of sp³-hybridized carbons (Fsp3) is 0.125. The number of hydrogen-bond donors (Lipinski definition) is 2. The second-order valence-electron chi connectivity index (χ2n) is 4.66. The summed E-state index contributed by atoms with van der Waals surface area (Å²) in [7, 11) is 0. The number of pyridine rings is 2. The summed E-state index contributed by atoms with van der Waals surface area (Å²) in [5.41, 5.74) is 1.42. The quantitative estimate of drug-likeness (QED) is 0.711. The minimum absolute atomic E-state index is 0.216. The first-order valence-electron chi connectivity index (χ1n) is 6.55. The molecule has 0 radical (unpaired) electrons. The van der Waals surface area contributed by atoms with Crippen LogP contribution in [0.4, 0.5) is 0 Å². The maximum absolute atomic E-state index is 9.77. The van der Waals surface area contributed by atoms with Gasteiger partial charge in [0.2, 0.25) is 0 Å². The normalized spacial score (nSPS) is 10.7. The molecule has 106 valence electrons. The average molecular weight is 345 g/mol. The molecule has 0 aromatic carbocycles. The van der Waals surface area contributed by atoms with Crippen molar-refractivity contribution >= 4 is 14.5 Å². The first-order valence-corrected chi connectivity index (χ1v) is 8.27. The summed E-state index contributed by atoms with van der Waals surface area (Å²) in [4.78, 5) is 8.42. The molecule has 3 heterocycles. The van der Waals surface area contributed by atoms with E-state index in [1.54, 1.807) is 36.7 Å². The Labute approximate surface area is 128 Å². The second kappa shape index (κ2) is 6.12. The van der Waals surface area contributed by atoms with Crippen LogP contribution in [0.2, 0.25) is 0 Å². The summed E-state index contributed by atoms with van der Waals surface area (Å²) in [5.74, 6) is 0.482. The molecule has 0 saturated heterocycles. The summed E-state index contributed by atoms with van der Waals surface area (Å²) in [6, 6.07) is 10.9. The zero-order valence-electron chi connectivity index (χ0n) is 11.2. The Morgan fingerprint density at radius 2 is 1.24 bits per heavy atom. The standard InChI is InChI=1S/C16H14N2O2Se/c19-15-3-1-7-17-13(15)9-11-5-6-12(21-11)10-14-16(20)4-2-8-18-14/h1-8,19-20H,9-10H2. The molecular weight excluding hydrogens is 331 g/mol. The Morgan fingerprint density at radius 1 is 0.762 bits per heavy atom. The Morgan fingerprint density at radius 3 is 1.67 bits per heavy atom. The predicted molar refractivity (Wildman–Crippen MR) is 80.8 cm³/mol. The summed E-state index contributed by atoms with van der Waals surface area (Å²) < 4.78 is 2.53. The van der Waals surface area contributed by atoms with Crippen molar-refractivity contribution in [1.29, 1.82) is 0 Å². The van der Waals surface area contributed by atoms with Crippen molar-refractivity contribution in [1.82, 2.24) is 9.97 Å². The van der Waals surface area contributed by atoms with Crippen LogP contribution in [0.3, 0.4) is 0 Å². The van der Waals surface area contributed by atoms with E-state index in [9.17, 15) is 10.2 Å². The van der Waals surface area contributed by atoms with Crippen LogP contribution >= 0.6 is 0 Å². The minimum atomic E-state index is 0.216. The molecule has 0 spiro atoms. The number of hydrogen-bond acceptors (Lipinski definition) is 4. The number of nitrogens with zero attached hydrogens (tertiary/aromatic N) is 2. The molecule has 21 heavy (non-hydrogen) atoms. The van der Waals surface area contributed by atoms with Crippen LogP contribution in [0.5, 0.6) is 11.5 Å². The maximum atomic E-state index is 9.77. The Balaban J connectivity index is 1.75. The molecule has 2 N–H and O–H groups in total. The van der Waals surface area contributed by atoms with E-state index in [2.05, 4.69) is 22.1 Å². The van der Waals surface area contributed by atoms with Gasteiger partial charge in [0.25, 0.3) is 0 Å². The van der Waals surface area contributed by atoms with Crippen molar-refractivity contribution in [3.8, 4) is 11.5 Å². The Hall–Kier alpha value is -2.10. The molecule has 0 unspecified atom stereocenters. The molecule has 0 atom stereocenters. The molecule has 3 aromatic heterocycles. The van der Waals surface area contributed by atoms with Gasteiger partial charge in [-0.25, -0.2) is 0 Å². The van der Waals surface area contributed by atoms with E-state index in [1.807, 2.05) is 0 Å². The molecule has 4 nitrogen and oxygen atoms in total. The van der Waals surface area contributed by atoms with Crippen molar-refractivity contribution in [2.75, 3.05) is 0 Å². The van der Waals surface area contributed by atoms with Gasteiger partial charge in [0.05, 0.1) is 0 Å². The van der Waals surface area contributed by atoms with Crippen LogP contribution in [0, 0.1) is 0 Å². The fourth-order valence-corrected chi connectivity index (χ4v) is 4.23. The van der Waals surface area contributed by atoms with Crippen LogP contribution in [0.25, 0.3) is 0 Å². The second-order valence-corrected chi connectivity index (χ2v) is 7.29. The van der Waals surface area contributed by atoms with Gasteiger partial charge in [-0.1, -0.05) is 0 Å². The molecule has 3 rings (SSSR count). The summed E-state index contributed by atoms with van der Waals surface area (Å²) in [6.07, 6.45) is 4.72. The van der Waals surface area contributed by atoms with E-state index in [0.717, 1.165) is 0 Å². The number of rotatable bonds is 4. The fourth-order valence-electron chi connectivity index (χ4n) is 2.07. The molecule has 0 bridgehead atoms.